The number of nitrogens with zero attached hydrogens (tertiary/aromatic N) is 4. The number of halogens is 1. The Balaban J connectivity index is 1.24. The Kier molecular flexibility index (Phi) is 8.67. The van der Waals surface area contributed by atoms with Crippen molar-refractivity contribution >= 4 is 9.84 Å². The summed E-state index contributed by atoms with van der Waals surface area (Å²) in [7, 11) is -3.98. The van der Waals surface area contributed by atoms with Gasteiger partial charge in [-0.15, -0.1) is 0 Å². The molecule has 6 rings (SSSR count). The van der Waals surface area contributed by atoms with Gasteiger partial charge in [0.05, 0.1) is 30.7 Å². The molecule has 0 amide bonds. The maximum atomic E-state index is 14.9. The molecule has 2 aromatic carbocycles. The Morgan fingerprint density at radius 3 is 2.53 bits per heavy atom. The first-order valence-electron chi connectivity index (χ1n) is 14.2. The fourth-order valence-corrected chi connectivity index (χ4v) is 6.19. The van der Waals surface area contributed by atoms with Gasteiger partial charge in [0.1, 0.15) is 0 Å². The Morgan fingerprint density at radius 1 is 0.956 bits per heavy atom. The van der Waals surface area contributed by atoms with Crippen molar-refractivity contribution in [1.82, 2.24) is 19.5 Å². The number of hydrogen-bond acceptors (Lipinski definition) is 9. The van der Waals surface area contributed by atoms with Crippen LogP contribution >= 0.6 is 0 Å². The van der Waals surface area contributed by atoms with Gasteiger partial charge in [-0.25, -0.2) is 22.8 Å². The van der Waals surface area contributed by atoms with E-state index in [9.17, 15) is 17.6 Å². The highest BCUT2D eigenvalue weighted by Crippen LogP contribution is 2.33. The molecule has 1 aliphatic heterocycles. The third-order valence-electron chi connectivity index (χ3n) is 7.26. The summed E-state index contributed by atoms with van der Waals surface area (Å²) in [4.78, 5) is 25.2. The van der Waals surface area contributed by atoms with Gasteiger partial charge in [-0.1, -0.05) is 36.4 Å². The molecule has 0 spiro atoms. The molecule has 230 valence electrons. The van der Waals surface area contributed by atoms with Crippen molar-refractivity contribution in [3.8, 4) is 22.8 Å². The van der Waals surface area contributed by atoms with Crippen LogP contribution in [0.2, 0.25) is 0 Å². The molecule has 12 heteroatoms. The number of fused-ring (bicyclic) bond motifs is 1. The average Bonchev–Trinajstić information content (AvgIpc) is 3.52. The minimum absolute atomic E-state index is 0.0514. The van der Waals surface area contributed by atoms with Crippen LogP contribution < -0.4 is 15.0 Å². The highest BCUT2D eigenvalue weighted by atomic mass is 32.2. The summed E-state index contributed by atoms with van der Waals surface area (Å²) in [5.74, 6) is -0.155. The van der Waals surface area contributed by atoms with Gasteiger partial charge < -0.3 is 18.8 Å². The highest BCUT2D eigenvalue weighted by Gasteiger charge is 2.24. The van der Waals surface area contributed by atoms with E-state index in [0.717, 1.165) is 17.2 Å². The van der Waals surface area contributed by atoms with Crippen molar-refractivity contribution < 1.29 is 27.0 Å². The van der Waals surface area contributed by atoms with E-state index in [1.807, 2.05) is 42.5 Å². The summed E-state index contributed by atoms with van der Waals surface area (Å²) in [6.45, 7) is 2.07. The molecular weight excluding hydrogens is 599 g/mol. The van der Waals surface area contributed by atoms with Crippen molar-refractivity contribution in [3.63, 3.8) is 0 Å². The van der Waals surface area contributed by atoms with Crippen LogP contribution in [0.5, 0.6) is 11.5 Å². The van der Waals surface area contributed by atoms with Gasteiger partial charge in [-0.3, -0.25) is 9.78 Å². The molecular formula is C33H29FN4O6S. The maximum Gasteiger partial charge on any atom is 0.286 e. The van der Waals surface area contributed by atoms with Crippen LogP contribution in [0.3, 0.4) is 0 Å². The van der Waals surface area contributed by atoms with Crippen LogP contribution in [0, 0.1) is 12.7 Å². The minimum atomic E-state index is -3.98. The van der Waals surface area contributed by atoms with Gasteiger partial charge in [-0.05, 0) is 66.4 Å². The van der Waals surface area contributed by atoms with Gasteiger partial charge in [0.25, 0.3) is 5.56 Å². The molecule has 1 unspecified atom stereocenters. The van der Waals surface area contributed by atoms with E-state index in [0.29, 0.717) is 22.8 Å². The molecule has 1 atom stereocenters. The number of ether oxygens (including phenoxy) is 3. The monoisotopic (exact) mass is 628 g/mol. The molecule has 0 aliphatic carbocycles. The lowest BCUT2D eigenvalue weighted by Gasteiger charge is -2.18. The van der Waals surface area contributed by atoms with Gasteiger partial charge in [-0.2, -0.15) is 0 Å². The van der Waals surface area contributed by atoms with Crippen LogP contribution in [-0.2, 0) is 27.7 Å². The number of rotatable bonds is 11. The Labute approximate surface area is 259 Å². The van der Waals surface area contributed by atoms with E-state index >= 15 is 0 Å². The SMILES string of the molecule is Cc1cc(-c2cc(F)c(=O)n(Cc3ccc4c(c3)OCO4)c2)nc(S(=O)(=O)CCC(OCc2ccncc2)c2ccccc2)n1. The largest absolute Gasteiger partial charge is 0.454 e. The highest BCUT2D eigenvalue weighted by molar-refractivity contribution is 7.91. The number of pyridine rings is 2. The van der Waals surface area contributed by atoms with E-state index < -0.39 is 27.3 Å². The lowest BCUT2D eigenvalue weighted by atomic mass is 10.1. The summed E-state index contributed by atoms with van der Waals surface area (Å²) in [6, 6.07) is 20.9. The van der Waals surface area contributed by atoms with Crippen LogP contribution in [0.25, 0.3) is 11.3 Å². The number of benzene rings is 2. The van der Waals surface area contributed by atoms with E-state index in [4.69, 9.17) is 14.2 Å². The van der Waals surface area contributed by atoms with Gasteiger partial charge in [0, 0.05) is 29.8 Å². The first-order chi connectivity index (χ1) is 21.7. The lowest BCUT2D eigenvalue weighted by Crippen LogP contribution is -2.23. The molecule has 0 N–H and O–H groups in total. The summed E-state index contributed by atoms with van der Waals surface area (Å²) < 4.78 is 60.1. The second-order valence-corrected chi connectivity index (χ2v) is 12.6. The molecule has 0 fully saturated rings. The van der Waals surface area contributed by atoms with E-state index in [2.05, 4.69) is 15.0 Å². The third kappa shape index (κ3) is 7.08. The summed E-state index contributed by atoms with van der Waals surface area (Å²) >= 11 is 0. The Hall–Kier alpha value is -4.94. The minimum Gasteiger partial charge on any atom is -0.454 e. The van der Waals surface area contributed by atoms with Gasteiger partial charge in [0.15, 0.2) is 17.3 Å². The summed E-state index contributed by atoms with van der Waals surface area (Å²) in [5.41, 5.74) is 2.40. The zero-order chi connectivity index (χ0) is 31.4. The molecule has 0 saturated heterocycles. The van der Waals surface area contributed by atoms with Gasteiger partial charge >= 0.3 is 0 Å². The molecule has 5 aromatic rings. The number of aryl methyl sites for hydroxylation is 1. The lowest BCUT2D eigenvalue weighted by molar-refractivity contribution is 0.0376. The topological polar surface area (TPSA) is 123 Å². The molecule has 0 bridgehead atoms. The van der Waals surface area contributed by atoms with Crippen LogP contribution in [-0.4, -0.2) is 40.5 Å². The van der Waals surface area contributed by atoms with Crippen LogP contribution in [0.1, 0.15) is 34.9 Å². The first kappa shape index (κ1) is 30.1. The zero-order valence-corrected chi connectivity index (χ0v) is 25.1. The quantitative estimate of drug-likeness (QED) is 0.185. The van der Waals surface area contributed by atoms with Crippen molar-refractivity contribution in [2.24, 2.45) is 0 Å². The van der Waals surface area contributed by atoms with E-state index in [1.165, 1.54) is 10.8 Å². The van der Waals surface area contributed by atoms with Crippen molar-refractivity contribution in [1.29, 1.82) is 0 Å². The average molecular weight is 629 g/mol. The van der Waals surface area contributed by atoms with Gasteiger partial charge in [0.2, 0.25) is 21.8 Å². The smallest absolute Gasteiger partial charge is 0.286 e. The standard InChI is InChI=1S/C33H29FN4O6S/c1-22-15-28(26-17-27(34)32(39)38(19-26)18-24-7-8-30-31(16-24)44-21-43-30)37-33(36-22)45(40,41)14-11-29(25-5-3-2-4-6-25)42-20-23-9-12-35-13-10-23/h2-10,12-13,15-17,19,29H,11,14,18,20-21H2,1H3. The fourth-order valence-electron chi connectivity index (χ4n) is 4.96. The van der Waals surface area contributed by atoms with Crippen molar-refractivity contribution in [2.75, 3.05) is 12.5 Å². The second kappa shape index (κ2) is 13.0. The number of aromatic nitrogens is 4. The molecule has 45 heavy (non-hydrogen) atoms. The predicted molar refractivity (Wildman–Crippen MR) is 163 cm³/mol. The molecule has 4 heterocycles. The second-order valence-electron chi connectivity index (χ2n) is 10.5. The third-order valence-corrected chi connectivity index (χ3v) is 8.77. The molecule has 1 aliphatic rings. The van der Waals surface area contributed by atoms with Crippen molar-refractivity contribution in [2.45, 2.75) is 37.8 Å². The van der Waals surface area contributed by atoms with Crippen LogP contribution in [0.15, 0.2) is 101 Å². The Bertz CT molecular complexity index is 1990. The summed E-state index contributed by atoms with van der Waals surface area (Å²) in [5, 5.41) is -0.382. The Morgan fingerprint density at radius 2 is 1.73 bits per heavy atom. The van der Waals surface area contributed by atoms with E-state index in [1.54, 1.807) is 43.6 Å². The molecule has 3 aromatic heterocycles. The van der Waals surface area contributed by atoms with Crippen LogP contribution in [0.4, 0.5) is 4.39 Å². The summed E-state index contributed by atoms with van der Waals surface area (Å²) in [6.07, 6.45) is 4.43. The van der Waals surface area contributed by atoms with Crippen molar-refractivity contribution in [3.05, 3.63) is 130 Å². The predicted octanol–water partition coefficient (Wildman–Crippen LogP) is 5.05. The first-order valence-corrected chi connectivity index (χ1v) is 15.8. The van der Waals surface area contributed by atoms with E-state index in [-0.39, 0.29) is 48.5 Å². The maximum absolute atomic E-state index is 14.9. The molecule has 0 saturated carbocycles. The molecule has 10 nitrogen and oxygen atoms in total. The zero-order valence-electron chi connectivity index (χ0n) is 24.3. The normalized spacial score (nSPS) is 13.1. The molecule has 0 radical (unpaired) electrons. The fraction of sp³-hybridized carbons (Fsp3) is 0.212. The number of sulfone groups is 1. The number of hydrogen-bond donors (Lipinski definition) is 0.